The molecule has 2 aromatic heterocycles. The first-order valence-electron chi connectivity index (χ1n) is 9.16. The van der Waals surface area contributed by atoms with Crippen LogP contribution >= 0.6 is 0 Å². The van der Waals surface area contributed by atoms with Crippen molar-refractivity contribution < 1.29 is 13.6 Å². The fraction of sp³-hybridized carbons (Fsp3) is 0.136. The lowest BCUT2D eigenvalue weighted by atomic mass is 10.1. The summed E-state index contributed by atoms with van der Waals surface area (Å²) in [7, 11) is 0. The number of fused-ring (bicyclic) bond motifs is 1. The largest absolute Gasteiger partial charge is 0.311 e. The molecule has 29 heavy (non-hydrogen) atoms. The van der Waals surface area contributed by atoms with Crippen LogP contribution in [0.15, 0.2) is 54.9 Å². The molecule has 2 heterocycles. The molecule has 0 aliphatic rings. The molecule has 0 fully saturated rings. The Bertz CT molecular complexity index is 1230. The number of halogens is 2. The fourth-order valence-electron chi connectivity index (χ4n) is 3.22. The van der Waals surface area contributed by atoms with Crippen molar-refractivity contribution in [3.8, 4) is 16.9 Å². The molecule has 2 aromatic carbocycles. The number of hydrogen-bond donors (Lipinski definition) is 1. The monoisotopic (exact) mass is 392 g/mol. The van der Waals surface area contributed by atoms with Gasteiger partial charge in [-0.1, -0.05) is 13.0 Å². The zero-order valence-electron chi connectivity index (χ0n) is 15.9. The van der Waals surface area contributed by atoms with Gasteiger partial charge < -0.3 is 5.32 Å². The average Bonchev–Trinajstić information content (AvgIpc) is 3.10. The SMILES string of the molecule is CCc1ccc2c(c1)ncn2-c1cc(-c2ccc(F)cc2F)cc(NC(C)=O)n1. The van der Waals surface area contributed by atoms with Gasteiger partial charge in [0.1, 0.15) is 29.6 Å². The molecule has 0 bridgehead atoms. The van der Waals surface area contributed by atoms with Crippen molar-refractivity contribution in [1.29, 1.82) is 0 Å². The zero-order chi connectivity index (χ0) is 20.5. The van der Waals surface area contributed by atoms with Crippen molar-refractivity contribution in [1.82, 2.24) is 14.5 Å². The van der Waals surface area contributed by atoms with E-state index in [0.29, 0.717) is 11.4 Å². The predicted molar refractivity (Wildman–Crippen MR) is 108 cm³/mol. The number of carbonyl (C=O) groups is 1. The van der Waals surface area contributed by atoms with E-state index in [1.165, 1.54) is 19.1 Å². The normalized spacial score (nSPS) is 11.0. The summed E-state index contributed by atoms with van der Waals surface area (Å²) in [5.41, 5.74) is 3.48. The van der Waals surface area contributed by atoms with E-state index < -0.39 is 11.6 Å². The number of aromatic nitrogens is 3. The van der Waals surface area contributed by atoms with Crippen LogP contribution in [-0.2, 0) is 11.2 Å². The smallest absolute Gasteiger partial charge is 0.222 e. The Balaban J connectivity index is 1.90. The number of aryl methyl sites for hydroxylation is 1. The van der Waals surface area contributed by atoms with Crippen molar-refractivity contribution in [2.75, 3.05) is 5.32 Å². The number of hydrogen-bond acceptors (Lipinski definition) is 3. The van der Waals surface area contributed by atoms with Gasteiger partial charge in [0.05, 0.1) is 11.0 Å². The maximum Gasteiger partial charge on any atom is 0.222 e. The minimum atomic E-state index is -0.695. The Morgan fingerprint density at radius 2 is 1.93 bits per heavy atom. The van der Waals surface area contributed by atoms with Gasteiger partial charge in [0, 0.05) is 18.6 Å². The molecular formula is C22H18F2N4O. The highest BCUT2D eigenvalue weighted by Crippen LogP contribution is 2.29. The van der Waals surface area contributed by atoms with Gasteiger partial charge >= 0.3 is 0 Å². The van der Waals surface area contributed by atoms with Crippen LogP contribution in [0.5, 0.6) is 0 Å². The number of amides is 1. The molecule has 0 saturated heterocycles. The summed E-state index contributed by atoms with van der Waals surface area (Å²) in [5, 5.41) is 2.63. The highest BCUT2D eigenvalue weighted by Gasteiger charge is 2.13. The van der Waals surface area contributed by atoms with E-state index in [1.54, 1.807) is 23.0 Å². The van der Waals surface area contributed by atoms with Gasteiger partial charge in [-0.25, -0.2) is 18.7 Å². The Kier molecular flexibility index (Phi) is 4.80. The van der Waals surface area contributed by atoms with Crippen LogP contribution in [0.25, 0.3) is 28.0 Å². The summed E-state index contributed by atoms with van der Waals surface area (Å²) in [5.74, 6) is -0.931. The molecular weight excluding hydrogens is 374 g/mol. The maximum atomic E-state index is 14.4. The predicted octanol–water partition coefficient (Wildman–Crippen LogP) is 4.89. The van der Waals surface area contributed by atoms with Crippen molar-refractivity contribution in [3.63, 3.8) is 0 Å². The standard InChI is InChI=1S/C22H18F2N4O/c1-3-14-4-7-20-19(8-14)25-12-28(20)22-10-15(9-21(27-22)26-13(2)29)17-6-5-16(23)11-18(17)24/h4-12H,3H2,1-2H3,(H,26,27,29). The first-order chi connectivity index (χ1) is 13.9. The molecule has 4 aromatic rings. The molecule has 4 rings (SSSR count). The minimum Gasteiger partial charge on any atom is -0.311 e. The number of carbonyl (C=O) groups excluding carboxylic acids is 1. The van der Waals surface area contributed by atoms with E-state index in [9.17, 15) is 13.6 Å². The van der Waals surface area contributed by atoms with Crippen molar-refractivity contribution >= 4 is 22.8 Å². The second-order valence-corrected chi connectivity index (χ2v) is 6.70. The number of anilines is 1. The topological polar surface area (TPSA) is 59.8 Å². The maximum absolute atomic E-state index is 14.4. The lowest BCUT2D eigenvalue weighted by Gasteiger charge is -2.11. The Morgan fingerprint density at radius 3 is 2.66 bits per heavy atom. The molecule has 0 spiro atoms. The Hall–Kier alpha value is -3.61. The van der Waals surface area contributed by atoms with E-state index in [0.717, 1.165) is 29.1 Å². The molecule has 0 unspecified atom stereocenters. The molecule has 0 aliphatic carbocycles. The highest BCUT2D eigenvalue weighted by atomic mass is 19.1. The molecule has 0 saturated carbocycles. The van der Waals surface area contributed by atoms with E-state index in [2.05, 4.69) is 22.2 Å². The first-order valence-corrected chi connectivity index (χ1v) is 9.16. The first kappa shape index (κ1) is 18.7. The lowest BCUT2D eigenvalue weighted by molar-refractivity contribution is -0.114. The van der Waals surface area contributed by atoms with Gasteiger partial charge in [0.25, 0.3) is 0 Å². The van der Waals surface area contributed by atoms with Crippen LogP contribution in [0.2, 0.25) is 0 Å². The fourth-order valence-corrected chi connectivity index (χ4v) is 3.22. The van der Waals surface area contributed by atoms with Crippen LogP contribution in [0.3, 0.4) is 0 Å². The number of rotatable bonds is 4. The highest BCUT2D eigenvalue weighted by molar-refractivity contribution is 5.89. The second kappa shape index (κ2) is 7.43. The van der Waals surface area contributed by atoms with Crippen molar-refractivity contribution in [2.24, 2.45) is 0 Å². The quantitative estimate of drug-likeness (QED) is 0.538. The van der Waals surface area contributed by atoms with Crippen molar-refractivity contribution in [3.05, 3.63) is 72.1 Å². The summed E-state index contributed by atoms with van der Waals surface area (Å²) in [4.78, 5) is 20.5. The Morgan fingerprint density at radius 1 is 1.10 bits per heavy atom. The molecule has 7 heteroatoms. The number of nitrogens with one attached hydrogen (secondary N) is 1. The summed E-state index contributed by atoms with van der Waals surface area (Å²) in [6.45, 7) is 3.44. The van der Waals surface area contributed by atoms with Gasteiger partial charge in [-0.3, -0.25) is 9.36 Å². The third-order valence-electron chi connectivity index (χ3n) is 4.62. The molecule has 1 N–H and O–H groups in total. The number of nitrogens with zero attached hydrogens (tertiary/aromatic N) is 3. The lowest BCUT2D eigenvalue weighted by Crippen LogP contribution is -2.09. The summed E-state index contributed by atoms with van der Waals surface area (Å²) in [6.07, 6.45) is 2.53. The van der Waals surface area contributed by atoms with Crippen LogP contribution < -0.4 is 5.32 Å². The molecule has 146 valence electrons. The minimum absolute atomic E-state index is 0.208. The van der Waals surface area contributed by atoms with Crippen molar-refractivity contribution in [2.45, 2.75) is 20.3 Å². The van der Waals surface area contributed by atoms with Gasteiger partial charge in [0.15, 0.2) is 0 Å². The second-order valence-electron chi connectivity index (χ2n) is 6.70. The summed E-state index contributed by atoms with van der Waals surface area (Å²) < 4.78 is 29.5. The van der Waals surface area contributed by atoms with E-state index in [4.69, 9.17) is 0 Å². The van der Waals surface area contributed by atoms with Crippen LogP contribution in [-0.4, -0.2) is 20.4 Å². The van der Waals surface area contributed by atoms with Gasteiger partial charge in [-0.15, -0.1) is 0 Å². The van der Waals surface area contributed by atoms with E-state index in [-0.39, 0.29) is 17.3 Å². The molecule has 5 nitrogen and oxygen atoms in total. The van der Waals surface area contributed by atoms with Crippen LogP contribution in [0.4, 0.5) is 14.6 Å². The Labute approximate surface area is 166 Å². The van der Waals surface area contributed by atoms with E-state index in [1.807, 2.05) is 18.2 Å². The molecule has 0 radical (unpaired) electrons. The number of pyridine rings is 1. The third-order valence-corrected chi connectivity index (χ3v) is 4.62. The number of imidazole rings is 1. The molecule has 1 amide bonds. The van der Waals surface area contributed by atoms with Gasteiger partial charge in [0.2, 0.25) is 5.91 Å². The third kappa shape index (κ3) is 3.71. The molecule has 0 atom stereocenters. The molecule has 0 aliphatic heterocycles. The zero-order valence-corrected chi connectivity index (χ0v) is 15.9. The number of benzene rings is 2. The van der Waals surface area contributed by atoms with Gasteiger partial charge in [-0.2, -0.15) is 0 Å². The average molecular weight is 392 g/mol. The van der Waals surface area contributed by atoms with Crippen LogP contribution in [0.1, 0.15) is 19.4 Å². The van der Waals surface area contributed by atoms with Crippen LogP contribution in [0, 0.1) is 11.6 Å². The van der Waals surface area contributed by atoms with E-state index >= 15 is 0 Å². The summed E-state index contributed by atoms with van der Waals surface area (Å²) in [6, 6.07) is 12.6. The summed E-state index contributed by atoms with van der Waals surface area (Å²) >= 11 is 0. The van der Waals surface area contributed by atoms with Gasteiger partial charge in [-0.05, 0) is 53.9 Å².